The predicted molar refractivity (Wildman–Crippen MR) is 86.1 cm³/mol. The first kappa shape index (κ1) is 17.4. The maximum absolute atomic E-state index is 12.1. The molecule has 1 aromatic carbocycles. The van der Waals surface area contributed by atoms with Crippen LogP contribution in [-0.2, 0) is 10.0 Å². The van der Waals surface area contributed by atoms with Gasteiger partial charge in [0.25, 0.3) is 0 Å². The van der Waals surface area contributed by atoms with Crippen molar-refractivity contribution in [3.05, 3.63) is 27.1 Å². The van der Waals surface area contributed by atoms with E-state index in [-0.39, 0.29) is 4.90 Å². The molecule has 0 bridgehead atoms. The zero-order valence-electron chi connectivity index (χ0n) is 10.5. The Hall–Kier alpha value is 0.380. The van der Waals surface area contributed by atoms with Gasteiger partial charge in [0.2, 0.25) is 10.0 Å². The fourth-order valence-electron chi connectivity index (χ4n) is 1.50. The lowest BCUT2D eigenvalue weighted by Crippen LogP contribution is -2.25. The number of rotatable bonds is 7. The zero-order valence-corrected chi connectivity index (χ0v) is 15.2. The Labute approximate surface area is 136 Å². The van der Waals surface area contributed by atoms with Crippen LogP contribution in [0.2, 0.25) is 0 Å². The number of hydrogen-bond acceptors (Lipinski definition) is 2. The SMILES string of the molecule is CC(CCl)CCCNS(=O)(=O)c1cc(Br)ccc1Br. The smallest absolute Gasteiger partial charge is 0.211 e. The van der Waals surface area contributed by atoms with Crippen LogP contribution in [-0.4, -0.2) is 20.8 Å². The van der Waals surface area contributed by atoms with Crippen molar-refractivity contribution >= 4 is 53.5 Å². The molecular formula is C12H16Br2ClNO2S. The summed E-state index contributed by atoms with van der Waals surface area (Å²) in [6.45, 7) is 2.47. The average molecular weight is 434 g/mol. The summed E-state index contributed by atoms with van der Waals surface area (Å²) >= 11 is 12.2. The zero-order chi connectivity index (χ0) is 14.5. The lowest BCUT2D eigenvalue weighted by atomic mass is 10.1. The topological polar surface area (TPSA) is 46.2 Å². The summed E-state index contributed by atoms with van der Waals surface area (Å²) in [7, 11) is -3.48. The summed E-state index contributed by atoms with van der Waals surface area (Å²) in [6, 6.07) is 5.06. The van der Waals surface area contributed by atoms with Crippen LogP contribution in [0.5, 0.6) is 0 Å². The van der Waals surface area contributed by atoms with Crippen molar-refractivity contribution in [3.8, 4) is 0 Å². The second-order valence-electron chi connectivity index (χ2n) is 4.37. The van der Waals surface area contributed by atoms with Crippen molar-refractivity contribution in [1.29, 1.82) is 0 Å². The van der Waals surface area contributed by atoms with E-state index in [1.807, 2.05) is 6.92 Å². The van der Waals surface area contributed by atoms with Gasteiger partial charge in [-0.05, 0) is 52.9 Å². The molecule has 0 radical (unpaired) electrons. The predicted octanol–water partition coefficient (Wildman–Crippen LogP) is 4.15. The van der Waals surface area contributed by atoms with E-state index in [0.717, 1.165) is 17.3 Å². The molecule has 0 aromatic heterocycles. The molecule has 0 saturated carbocycles. The van der Waals surface area contributed by atoms with Gasteiger partial charge in [0.05, 0.1) is 4.90 Å². The van der Waals surface area contributed by atoms with E-state index < -0.39 is 10.0 Å². The van der Waals surface area contributed by atoms with Crippen LogP contribution in [0, 0.1) is 5.92 Å². The Morgan fingerprint density at radius 3 is 2.68 bits per heavy atom. The number of sulfonamides is 1. The van der Waals surface area contributed by atoms with Crippen molar-refractivity contribution in [2.75, 3.05) is 12.4 Å². The van der Waals surface area contributed by atoms with Gasteiger partial charge in [0, 0.05) is 21.4 Å². The monoisotopic (exact) mass is 431 g/mol. The Morgan fingerprint density at radius 1 is 1.37 bits per heavy atom. The van der Waals surface area contributed by atoms with Crippen LogP contribution >= 0.6 is 43.5 Å². The minimum absolute atomic E-state index is 0.243. The minimum atomic E-state index is -3.48. The average Bonchev–Trinajstić information content (AvgIpc) is 2.37. The van der Waals surface area contributed by atoms with Crippen molar-refractivity contribution < 1.29 is 8.42 Å². The highest BCUT2D eigenvalue weighted by Gasteiger charge is 2.17. The van der Waals surface area contributed by atoms with Gasteiger partial charge in [-0.15, -0.1) is 11.6 Å². The molecule has 0 fully saturated rings. The molecule has 0 spiro atoms. The third-order valence-electron chi connectivity index (χ3n) is 2.61. The van der Waals surface area contributed by atoms with Crippen LogP contribution in [0.15, 0.2) is 32.0 Å². The molecule has 3 nitrogen and oxygen atoms in total. The normalized spacial score (nSPS) is 13.5. The maximum atomic E-state index is 12.1. The number of nitrogens with one attached hydrogen (secondary N) is 1. The van der Waals surface area contributed by atoms with Gasteiger partial charge in [-0.2, -0.15) is 0 Å². The fourth-order valence-corrected chi connectivity index (χ4v) is 4.22. The summed E-state index contributed by atoms with van der Waals surface area (Å²) in [6.07, 6.45) is 1.68. The van der Waals surface area contributed by atoms with Crippen LogP contribution in [0.4, 0.5) is 0 Å². The van der Waals surface area contributed by atoms with E-state index in [1.54, 1.807) is 18.2 Å². The molecule has 0 aliphatic carbocycles. The molecule has 0 saturated heterocycles. The minimum Gasteiger partial charge on any atom is -0.211 e. The first-order chi connectivity index (χ1) is 8.86. The third-order valence-corrected chi connectivity index (χ3v) is 6.09. The molecule has 0 amide bonds. The van der Waals surface area contributed by atoms with E-state index in [2.05, 4.69) is 36.6 Å². The Bertz CT molecular complexity index is 522. The Morgan fingerprint density at radius 2 is 2.05 bits per heavy atom. The first-order valence-corrected chi connectivity index (χ1v) is 9.48. The number of benzene rings is 1. The standard InChI is InChI=1S/C12H16Br2ClNO2S/c1-9(8-15)3-2-6-16-19(17,18)12-7-10(13)4-5-11(12)14/h4-5,7,9,16H,2-3,6,8H2,1H3. The molecule has 7 heteroatoms. The van der Waals surface area contributed by atoms with Crippen molar-refractivity contribution in [2.45, 2.75) is 24.7 Å². The van der Waals surface area contributed by atoms with E-state index in [4.69, 9.17) is 11.6 Å². The van der Waals surface area contributed by atoms with Crippen molar-refractivity contribution in [1.82, 2.24) is 4.72 Å². The molecule has 1 atom stereocenters. The highest BCUT2D eigenvalue weighted by molar-refractivity contribution is 9.11. The summed E-state index contributed by atoms with van der Waals surface area (Å²) in [5.74, 6) is 1.01. The summed E-state index contributed by atoms with van der Waals surface area (Å²) < 4.78 is 28.1. The molecule has 1 N–H and O–H groups in total. The molecule has 0 aliphatic heterocycles. The highest BCUT2D eigenvalue weighted by Crippen LogP contribution is 2.25. The van der Waals surface area contributed by atoms with Crippen LogP contribution < -0.4 is 4.72 Å². The Kier molecular flexibility index (Phi) is 7.32. The van der Waals surface area contributed by atoms with Gasteiger partial charge < -0.3 is 0 Å². The second-order valence-corrected chi connectivity index (χ2v) is 8.19. The van der Waals surface area contributed by atoms with Gasteiger partial charge in [0.1, 0.15) is 0 Å². The van der Waals surface area contributed by atoms with Gasteiger partial charge in [-0.3, -0.25) is 0 Å². The first-order valence-electron chi connectivity index (χ1n) is 5.87. The summed E-state index contributed by atoms with van der Waals surface area (Å²) in [4.78, 5) is 0.243. The molecule has 0 aliphatic rings. The lowest BCUT2D eigenvalue weighted by molar-refractivity contribution is 0.543. The van der Waals surface area contributed by atoms with Crippen molar-refractivity contribution in [2.24, 2.45) is 5.92 Å². The quantitative estimate of drug-likeness (QED) is 0.519. The lowest BCUT2D eigenvalue weighted by Gasteiger charge is -2.10. The molecule has 19 heavy (non-hydrogen) atoms. The van der Waals surface area contributed by atoms with E-state index in [1.165, 1.54) is 0 Å². The summed E-state index contributed by atoms with van der Waals surface area (Å²) in [5.41, 5.74) is 0. The van der Waals surface area contributed by atoms with Crippen LogP contribution in [0.25, 0.3) is 0 Å². The molecule has 1 rings (SSSR count). The van der Waals surface area contributed by atoms with E-state index >= 15 is 0 Å². The largest absolute Gasteiger partial charge is 0.241 e. The fraction of sp³-hybridized carbons (Fsp3) is 0.500. The van der Waals surface area contributed by atoms with Crippen LogP contribution in [0.3, 0.4) is 0 Å². The van der Waals surface area contributed by atoms with Gasteiger partial charge in [-0.25, -0.2) is 13.1 Å². The van der Waals surface area contributed by atoms with E-state index in [0.29, 0.717) is 22.8 Å². The molecule has 1 aromatic rings. The van der Waals surface area contributed by atoms with Gasteiger partial charge in [0.15, 0.2) is 0 Å². The molecular weight excluding hydrogens is 417 g/mol. The number of hydrogen-bond donors (Lipinski definition) is 1. The maximum Gasteiger partial charge on any atom is 0.241 e. The molecule has 108 valence electrons. The second kappa shape index (κ2) is 7.98. The van der Waals surface area contributed by atoms with Gasteiger partial charge >= 0.3 is 0 Å². The van der Waals surface area contributed by atoms with E-state index in [9.17, 15) is 8.42 Å². The number of alkyl halides is 1. The molecule has 0 heterocycles. The Balaban J connectivity index is 2.64. The highest BCUT2D eigenvalue weighted by atomic mass is 79.9. The van der Waals surface area contributed by atoms with Crippen LogP contribution in [0.1, 0.15) is 19.8 Å². The number of halogens is 3. The van der Waals surface area contributed by atoms with Crippen molar-refractivity contribution in [3.63, 3.8) is 0 Å². The summed E-state index contributed by atoms with van der Waals surface area (Å²) in [5, 5.41) is 0. The third kappa shape index (κ3) is 5.71. The van der Waals surface area contributed by atoms with Gasteiger partial charge in [-0.1, -0.05) is 22.9 Å². The molecule has 1 unspecified atom stereocenters.